The van der Waals surface area contributed by atoms with Crippen molar-refractivity contribution >= 4 is 21.6 Å². The first-order chi connectivity index (χ1) is 11.8. The maximum absolute atomic E-state index is 12.1. The van der Waals surface area contributed by atoms with Crippen LogP contribution in [-0.2, 0) is 27.7 Å². The number of rotatable bonds is 7. The Kier molecular flexibility index (Phi) is 6.17. The summed E-state index contributed by atoms with van der Waals surface area (Å²) in [5.41, 5.74) is 1.98. The number of nitrogens with two attached hydrogens (primary N) is 1. The van der Waals surface area contributed by atoms with Crippen LogP contribution in [0.1, 0.15) is 25.0 Å². The molecule has 0 aliphatic carbocycles. The number of aryl methyl sites for hydroxylation is 2. The molecule has 3 N–H and O–H groups in total. The van der Waals surface area contributed by atoms with Crippen LogP contribution in [0.3, 0.4) is 0 Å². The van der Waals surface area contributed by atoms with Gasteiger partial charge < -0.3 is 10.1 Å². The Morgan fingerprint density at radius 2 is 1.76 bits per heavy atom. The Morgan fingerprint density at radius 3 is 2.40 bits per heavy atom. The van der Waals surface area contributed by atoms with Gasteiger partial charge in [-0.05, 0) is 42.2 Å². The Bertz CT molecular complexity index is 863. The van der Waals surface area contributed by atoms with Crippen molar-refractivity contribution in [1.29, 1.82) is 0 Å². The Balaban J connectivity index is 2.08. The number of anilines is 1. The molecule has 25 heavy (non-hydrogen) atoms. The van der Waals surface area contributed by atoms with Gasteiger partial charge in [0, 0.05) is 5.69 Å². The zero-order chi connectivity index (χ0) is 18.4. The summed E-state index contributed by atoms with van der Waals surface area (Å²) in [6.07, 6.45) is 1.32. The highest BCUT2D eigenvalue weighted by Crippen LogP contribution is 2.21. The van der Waals surface area contributed by atoms with Crippen molar-refractivity contribution in [3.8, 4) is 5.75 Å². The average Bonchev–Trinajstić information content (AvgIpc) is 2.59. The highest BCUT2D eigenvalue weighted by molar-refractivity contribution is 7.89. The standard InChI is InChI=1S/C18H22N2O4S/c1-3-13-7-5-6-8-16(13)24-12-18(21)20-15-10-9-14(4-2)17(11-15)25(19,22)23/h5-11H,3-4,12H2,1-2H3,(H,20,21)(H2,19,22,23). The number of amides is 1. The molecule has 2 rings (SSSR count). The van der Waals surface area contributed by atoms with Crippen molar-refractivity contribution in [2.45, 2.75) is 31.6 Å². The first-order valence-corrected chi connectivity index (χ1v) is 9.56. The number of ether oxygens (including phenoxy) is 1. The zero-order valence-electron chi connectivity index (χ0n) is 14.3. The molecule has 7 heteroatoms. The van der Waals surface area contributed by atoms with E-state index in [0.29, 0.717) is 23.4 Å². The summed E-state index contributed by atoms with van der Waals surface area (Å²) in [7, 11) is -3.85. The van der Waals surface area contributed by atoms with Crippen molar-refractivity contribution in [1.82, 2.24) is 0 Å². The van der Waals surface area contributed by atoms with Gasteiger partial charge in [-0.25, -0.2) is 13.6 Å². The highest BCUT2D eigenvalue weighted by Gasteiger charge is 2.15. The molecule has 2 aromatic carbocycles. The van der Waals surface area contributed by atoms with E-state index in [4.69, 9.17) is 9.88 Å². The number of hydrogen-bond acceptors (Lipinski definition) is 4. The number of primary sulfonamides is 1. The van der Waals surface area contributed by atoms with Crippen LogP contribution in [0.4, 0.5) is 5.69 Å². The van der Waals surface area contributed by atoms with E-state index < -0.39 is 10.0 Å². The van der Waals surface area contributed by atoms with Crippen LogP contribution < -0.4 is 15.2 Å². The van der Waals surface area contributed by atoms with Gasteiger partial charge in [-0.3, -0.25) is 4.79 Å². The minimum absolute atomic E-state index is 0.0186. The summed E-state index contributed by atoms with van der Waals surface area (Å²) in [5.74, 6) is 0.280. The van der Waals surface area contributed by atoms with E-state index in [2.05, 4.69) is 5.32 Å². The summed E-state index contributed by atoms with van der Waals surface area (Å²) in [6, 6.07) is 12.2. The van der Waals surface area contributed by atoms with Crippen LogP contribution in [-0.4, -0.2) is 20.9 Å². The van der Waals surface area contributed by atoms with Gasteiger partial charge in [0.1, 0.15) is 5.75 Å². The Morgan fingerprint density at radius 1 is 1.08 bits per heavy atom. The number of benzene rings is 2. The lowest BCUT2D eigenvalue weighted by Gasteiger charge is -2.12. The minimum Gasteiger partial charge on any atom is -0.483 e. The summed E-state index contributed by atoms with van der Waals surface area (Å²) in [5, 5.41) is 7.86. The molecule has 0 heterocycles. The largest absolute Gasteiger partial charge is 0.483 e. The summed E-state index contributed by atoms with van der Waals surface area (Å²) in [4.78, 5) is 12.1. The first kappa shape index (κ1) is 19.0. The van der Waals surface area contributed by atoms with E-state index in [1.165, 1.54) is 6.07 Å². The number of hydrogen-bond donors (Lipinski definition) is 2. The van der Waals surface area contributed by atoms with E-state index in [0.717, 1.165) is 12.0 Å². The second kappa shape index (κ2) is 8.13. The Hall–Kier alpha value is -2.38. The smallest absolute Gasteiger partial charge is 0.262 e. The van der Waals surface area contributed by atoms with Crippen molar-refractivity contribution in [2.24, 2.45) is 5.14 Å². The van der Waals surface area contributed by atoms with Crippen LogP contribution >= 0.6 is 0 Å². The number of nitrogens with one attached hydrogen (secondary N) is 1. The van der Waals surface area contributed by atoms with E-state index in [1.807, 2.05) is 32.0 Å². The van der Waals surface area contributed by atoms with E-state index >= 15 is 0 Å². The zero-order valence-corrected chi connectivity index (χ0v) is 15.1. The van der Waals surface area contributed by atoms with Gasteiger partial charge in [-0.2, -0.15) is 0 Å². The normalized spacial score (nSPS) is 11.2. The maximum Gasteiger partial charge on any atom is 0.262 e. The van der Waals surface area contributed by atoms with Gasteiger partial charge in [0.25, 0.3) is 5.91 Å². The molecule has 2 aromatic rings. The summed E-state index contributed by atoms with van der Waals surface area (Å²) < 4.78 is 28.9. The van der Waals surface area contributed by atoms with Crippen LogP contribution in [0.5, 0.6) is 5.75 Å². The van der Waals surface area contributed by atoms with Crippen molar-refractivity contribution in [3.05, 3.63) is 53.6 Å². The topological polar surface area (TPSA) is 98.5 Å². The van der Waals surface area contributed by atoms with Crippen molar-refractivity contribution in [2.75, 3.05) is 11.9 Å². The lowest BCUT2D eigenvalue weighted by Crippen LogP contribution is -2.21. The molecule has 0 radical (unpaired) electrons. The van der Waals surface area contributed by atoms with Crippen molar-refractivity contribution < 1.29 is 17.9 Å². The molecule has 0 bridgehead atoms. The molecule has 0 saturated carbocycles. The van der Waals surface area contributed by atoms with Crippen LogP contribution in [0, 0.1) is 0 Å². The molecule has 0 atom stereocenters. The molecule has 0 fully saturated rings. The second-order valence-corrected chi connectivity index (χ2v) is 7.05. The Labute approximate surface area is 148 Å². The van der Waals surface area contributed by atoms with E-state index in [1.54, 1.807) is 18.2 Å². The van der Waals surface area contributed by atoms with Gasteiger partial charge in [-0.1, -0.05) is 38.1 Å². The fraction of sp³-hybridized carbons (Fsp3) is 0.278. The van der Waals surface area contributed by atoms with Crippen LogP contribution in [0.25, 0.3) is 0 Å². The third-order valence-corrected chi connectivity index (χ3v) is 4.74. The third kappa shape index (κ3) is 5.04. The first-order valence-electron chi connectivity index (χ1n) is 8.01. The lowest BCUT2D eigenvalue weighted by molar-refractivity contribution is -0.118. The van der Waals surface area contributed by atoms with E-state index in [9.17, 15) is 13.2 Å². The SMILES string of the molecule is CCc1ccccc1OCC(=O)Nc1ccc(CC)c(S(N)(=O)=O)c1. The highest BCUT2D eigenvalue weighted by atomic mass is 32.2. The van der Waals surface area contributed by atoms with Crippen LogP contribution in [0.15, 0.2) is 47.4 Å². The van der Waals surface area contributed by atoms with Crippen LogP contribution in [0.2, 0.25) is 0 Å². The lowest BCUT2D eigenvalue weighted by atomic mass is 10.1. The predicted molar refractivity (Wildman–Crippen MR) is 97.1 cm³/mol. The van der Waals surface area contributed by atoms with Gasteiger partial charge in [0.15, 0.2) is 6.61 Å². The summed E-state index contributed by atoms with van der Waals surface area (Å²) in [6.45, 7) is 3.67. The molecule has 0 aliphatic heterocycles. The molecule has 0 aliphatic rings. The predicted octanol–water partition coefficient (Wildman–Crippen LogP) is 2.48. The molecule has 0 saturated heterocycles. The van der Waals surface area contributed by atoms with E-state index in [-0.39, 0.29) is 17.4 Å². The van der Waals surface area contributed by atoms with Crippen molar-refractivity contribution in [3.63, 3.8) is 0 Å². The number of carbonyl (C=O) groups excluding carboxylic acids is 1. The molecule has 0 aromatic heterocycles. The van der Waals surface area contributed by atoms with Gasteiger partial charge in [0.05, 0.1) is 4.90 Å². The van der Waals surface area contributed by atoms with Gasteiger partial charge >= 0.3 is 0 Å². The summed E-state index contributed by atoms with van der Waals surface area (Å²) >= 11 is 0. The fourth-order valence-corrected chi connectivity index (χ4v) is 3.34. The molecule has 1 amide bonds. The number of sulfonamides is 1. The maximum atomic E-state index is 12.1. The molecular formula is C18H22N2O4S. The molecule has 0 spiro atoms. The number of para-hydroxylation sites is 1. The van der Waals surface area contributed by atoms with Gasteiger partial charge in [-0.15, -0.1) is 0 Å². The average molecular weight is 362 g/mol. The molecule has 6 nitrogen and oxygen atoms in total. The number of carbonyl (C=O) groups is 1. The monoisotopic (exact) mass is 362 g/mol. The quantitative estimate of drug-likeness (QED) is 0.790. The molecule has 134 valence electrons. The second-order valence-electron chi connectivity index (χ2n) is 5.52. The third-order valence-electron chi connectivity index (χ3n) is 3.75. The minimum atomic E-state index is -3.85. The molecule has 0 unspecified atom stereocenters. The fourth-order valence-electron chi connectivity index (χ4n) is 2.47. The molecular weight excluding hydrogens is 340 g/mol. The van der Waals surface area contributed by atoms with Gasteiger partial charge in [0.2, 0.25) is 10.0 Å².